The molecular formula is C15H22N4. The van der Waals surface area contributed by atoms with Crippen LogP contribution in [0.3, 0.4) is 0 Å². The highest BCUT2D eigenvalue weighted by atomic mass is 15.3. The number of rotatable bonds is 4. The van der Waals surface area contributed by atoms with Gasteiger partial charge in [-0.15, -0.1) is 0 Å². The van der Waals surface area contributed by atoms with E-state index in [1.54, 1.807) is 0 Å². The molecule has 2 rings (SSSR count). The lowest BCUT2D eigenvalue weighted by Crippen LogP contribution is -2.31. The fourth-order valence-corrected chi connectivity index (χ4v) is 2.69. The number of hydrogen-bond acceptors (Lipinski definition) is 3. The van der Waals surface area contributed by atoms with Gasteiger partial charge in [0.25, 0.3) is 0 Å². The molecule has 1 heterocycles. The number of hydrazine groups is 1. The molecule has 1 atom stereocenters. The maximum atomic E-state index is 5.77. The molecule has 19 heavy (non-hydrogen) atoms. The zero-order valence-electron chi connectivity index (χ0n) is 12.1. The zero-order chi connectivity index (χ0) is 14.0. The Balaban J connectivity index is 2.33. The van der Waals surface area contributed by atoms with Crippen LogP contribution in [0.4, 0.5) is 0 Å². The van der Waals surface area contributed by atoms with Crippen LogP contribution in [0.25, 0.3) is 0 Å². The molecule has 0 radical (unpaired) electrons. The molecule has 0 aliphatic carbocycles. The Morgan fingerprint density at radius 3 is 2.37 bits per heavy atom. The van der Waals surface area contributed by atoms with Crippen LogP contribution < -0.4 is 11.3 Å². The Hall–Kier alpha value is -1.65. The van der Waals surface area contributed by atoms with Crippen molar-refractivity contribution in [2.45, 2.75) is 33.2 Å². The van der Waals surface area contributed by atoms with Gasteiger partial charge in [0.15, 0.2) is 0 Å². The highest BCUT2D eigenvalue weighted by Gasteiger charge is 2.17. The summed E-state index contributed by atoms with van der Waals surface area (Å²) in [5.74, 6) is 5.77. The lowest BCUT2D eigenvalue weighted by Gasteiger charge is -2.21. The van der Waals surface area contributed by atoms with Crippen molar-refractivity contribution in [2.75, 3.05) is 0 Å². The molecule has 1 aromatic carbocycles. The third kappa shape index (κ3) is 2.85. The van der Waals surface area contributed by atoms with Gasteiger partial charge in [-0.1, -0.05) is 18.2 Å². The summed E-state index contributed by atoms with van der Waals surface area (Å²) in [5, 5.41) is 4.39. The first-order valence-corrected chi connectivity index (χ1v) is 6.54. The maximum Gasteiger partial charge on any atom is 0.0596 e. The molecule has 4 nitrogen and oxygen atoms in total. The minimum Gasteiger partial charge on any atom is -0.272 e. The SMILES string of the molecule is Cc1cc(CC(NN)c2c(C)cccc2C)n(C)n1. The topological polar surface area (TPSA) is 55.9 Å². The fourth-order valence-electron chi connectivity index (χ4n) is 2.69. The predicted molar refractivity (Wildman–Crippen MR) is 77.6 cm³/mol. The molecule has 3 N–H and O–H groups in total. The molecule has 0 saturated heterocycles. The van der Waals surface area contributed by atoms with Crippen molar-refractivity contribution >= 4 is 0 Å². The number of nitrogens with two attached hydrogens (primary N) is 1. The van der Waals surface area contributed by atoms with Crippen molar-refractivity contribution in [1.29, 1.82) is 0 Å². The molecule has 4 heteroatoms. The summed E-state index contributed by atoms with van der Waals surface area (Å²) < 4.78 is 1.92. The van der Waals surface area contributed by atoms with Crippen molar-refractivity contribution in [3.05, 3.63) is 52.3 Å². The first-order chi connectivity index (χ1) is 9.02. The summed E-state index contributed by atoms with van der Waals surface area (Å²) in [5.41, 5.74) is 8.98. The van der Waals surface area contributed by atoms with Gasteiger partial charge in [-0.3, -0.25) is 16.0 Å². The normalized spacial score (nSPS) is 12.7. The molecule has 0 aliphatic rings. The van der Waals surface area contributed by atoms with E-state index >= 15 is 0 Å². The molecule has 0 amide bonds. The van der Waals surface area contributed by atoms with Gasteiger partial charge in [-0.2, -0.15) is 5.10 Å². The van der Waals surface area contributed by atoms with E-state index in [1.165, 1.54) is 22.4 Å². The molecule has 0 aliphatic heterocycles. The smallest absolute Gasteiger partial charge is 0.0596 e. The molecule has 1 aromatic heterocycles. The minimum atomic E-state index is 0.107. The van der Waals surface area contributed by atoms with Gasteiger partial charge in [0.1, 0.15) is 0 Å². The van der Waals surface area contributed by atoms with Crippen LogP contribution in [-0.4, -0.2) is 9.78 Å². The Morgan fingerprint density at radius 1 is 1.26 bits per heavy atom. The number of aromatic nitrogens is 2. The van der Waals surface area contributed by atoms with Crippen LogP contribution in [0, 0.1) is 20.8 Å². The summed E-state index contributed by atoms with van der Waals surface area (Å²) in [6, 6.07) is 8.55. The lowest BCUT2D eigenvalue weighted by atomic mass is 9.93. The quantitative estimate of drug-likeness (QED) is 0.652. The van der Waals surface area contributed by atoms with Crippen molar-refractivity contribution in [3.63, 3.8) is 0 Å². The van der Waals surface area contributed by atoms with Crippen LogP contribution in [0.15, 0.2) is 24.3 Å². The average Bonchev–Trinajstić information content (AvgIpc) is 2.66. The van der Waals surface area contributed by atoms with Crippen molar-refractivity contribution in [1.82, 2.24) is 15.2 Å². The summed E-state index contributed by atoms with van der Waals surface area (Å²) in [4.78, 5) is 0. The molecule has 1 unspecified atom stereocenters. The molecular weight excluding hydrogens is 236 g/mol. The Labute approximate surface area is 114 Å². The van der Waals surface area contributed by atoms with Gasteiger partial charge in [0, 0.05) is 19.2 Å². The Morgan fingerprint density at radius 2 is 1.89 bits per heavy atom. The molecule has 0 bridgehead atoms. The van der Waals surface area contributed by atoms with Gasteiger partial charge in [0.05, 0.1) is 11.7 Å². The van der Waals surface area contributed by atoms with Crippen LogP contribution in [0.1, 0.15) is 34.1 Å². The monoisotopic (exact) mass is 258 g/mol. The molecule has 0 saturated carbocycles. The second-order valence-corrected chi connectivity index (χ2v) is 5.13. The number of benzene rings is 1. The van der Waals surface area contributed by atoms with E-state index in [4.69, 9.17) is 5.84 Å². The van der Waals surface area contributed by atoms with Gasteiger partial charge in [-0.05, 0) is 43.5 Å². The van der Waals surface area contributed by atoms with E-state index in [0.717, 1.165) is 12.1 Å². The van der Waals surface area contributed by atoms with E-state index in [1.807, 2.05) is 18.7 Å². The van der Waals surface area contributed by atoms with Gasteiger partial charge < -0.3 is 0 Å². The highest BCUT2D eigenvalue weighted by Crippen LogP contribution is 2.24. The van der Waals surface area contributed by atoms with Gasteiger partial charge in [-0.25, -0.2) is 0 Å². The highest BCUT2D eigenvalue weighted by molar-refractivity contribution is 5.36. The zero-order valence-corrected chi connectivity index (χ0v) is 12.1. The predicted octanol–water partition coefficient (Wildman–Crippen LogP) is 2.09. The average molecular weight is 258 g/mol. The van der Waals surface area contributed by atoms with E-state index < -0.39 is 0 Å². The first-order valence-electron chi connectivity index (χ1n) is 6.54. The second-order valence-electron chi connectivity index (χ2n) is 5.13. The Kier molecular flexibility index (Phi) is 4.02. The largest absolute Gasteiger partial charge is 0.272 e. The number of nitrogens with zero attached hydrogens (tertiary/aromatic N) is 2. The van der Waals surface area contributed by atoms with E-state index in [9.17, 15) is 0 Å². The maximum absolute atomic E-state index is 5.77. The third-order valence-corrected chi connectivity index (χ3v) is 3.60. The number of hydrogen-bond donors (Lipinski definition) is 2. The second kappa shape index (κ2) is 5.55. The number of nitrogens with one attached hydrogen (secondary N) is 1. The summed E-state index contributed by atoms with van der Waals surface area (Å²) in [6.07, 6.45) is 0.833. The fraction of sp³-hybridized carbons (Fsp3) is 0.400. The van der Waals surface area contributed by atoms with Crippen LogP contribution in [0.5, 0.6) is 0 Å². The summed E-state index contributed by atoms with van der Waals surface area (Å²) in [6.45, 7) is 6.26. The Bertz CT molecular complexity index is 551. The molecule has 102 valence electrons. The minimum absolute atomic E-state index is 0.107. The lowest BCUT2D eigenvalue weighted by molar-refractivity contribution is 0.525. The van der Waals surface area contributed by atoms with Crippen molar-refractivity contribution < 1.29 is 0 Å². The summed E-state index contributed by atoms with van der Waals surface area (Å²) in [7, 11) is 1.97. The first kappa shape index (κ1) is 13.8. The van der Waals surface area contributed by atoms with E-state index in [2.05, 4.69) is 48.6 Å². The van der Waals surface area contributed by atoms with E-state index in [0.29, 0.717) is 0 Å². The third-order valence-electron chi connectivity index (χ3n) is 3.60. The van der Waals surface area contributed by atoms with Gasteiger partial charge >= 0.3 is 0 Å². The van der Waals surface area contributed by atoms with Crippen molar-refractivity contribution in [2.24, 2.45) is 12.9 Å². The van der Waals surface area contributed by atoms with Crippen LogP contribution >= 0.6 is 0 Å². The summed E-state index contributed by atoms with van der Waals surface area (Å²) >= 11 is 0. The molecule has 0 spiro atoms. The van der Waals surface area contributed by atoms with E-state index in [-0.39, 0.29) is 6.04 Å². The standard InChI is InChI=1S/C15H22N4/c1-10-6-5-7-11(2)15(10)14(17-16)9-13-8-12(3)18-19(13)4/h5-8,14,17H,9,16H2,1-4H3. The van der Waals surface area contributed by atoms with Crippen molar-refractivity contribution in [3.8, 4) is 0 Å². The van der Waals surface area contributed by atoms with Crippen LogP contribution in [0.2, 0.25) is 0 Å². The van der Waals surface area contributed by atoms with Gasteiger partial charge in [0.2, 0.25) is 0 Å². The van der Waals surface area contributed by atoms with Crippen LogP contribution in [-0.2, 0) is 13.5 Å². The number of aryl methyl sites for hydroxylation is 4. The molecule has 2 aromatic rings. The molecule has 0 fully saturated rings.